The minimum Gasteiger partial charge on any atom is -0.370 e. The van der Waals surface area contributed by atoms with Gasteiger partial charge in [-0.15, -0.1) is 0 Å². The fourth-order valence-corrected chi connectivity index (χ4v) is 3.22. The maximum Gasteiger partial charge on any atom is 0.153 e. The molecule has 1 atom stereocenters. The van der Waals surface area contributed by atoms with Crippen molar-refractivity contribution >= 4 is 34.1 Å². The number of thiocarbonyl (C=S) groups is 1. The Labute approximate surface area is 105 Å². The first kappa shape index (κ1) is 11.8. The largest absolute Gasteiger partial charge is 0.370 e. The third-order valence-electron chi connectivity index (χ3n) is 2.69. The molecular weight excluding hydrogens is 240 g/mol. The molecule has 0 aliphatic carbocycles. The second kappa shape index (κ2) is 4.31. The minimum atomic E-state index is -0.886. The number of hydrogen-bond acceptors (Lipinski definition) is 4. The lowest BCUT2D eigenvalue weighted by Gasteiger charge is -2.32. The maximum absolute atomic E-state index is 10.5. The third-order valence-corrected chi connectivity index (χ3v) is 4.27. The number of anilines is 1. The van der Waals surface area contributed by atoms with Crippen LogP contribution in [0.4, 0.5) is 5.82 Å². The van der Waals surface area contributed by atoms with E-state index in [0.717, 1.165) is 11.5 Å². The van der Waals surface area contributed by atoms with Crippen LogP contribution in [0, 0.1) is 6.92 Å². The highest BCUT2D eigenvalue weighted by molar-refractivity contribution is 8.23. The molecule has 0 spiro atoms. The van der Waals surface area contributed by atoms with Gasteiger partial charge in [0.1, 0.15) is 10.1 Å². The summed E-state index contributed by atoms with van der Waals surface area (Å²) in [6, 6.07) is 5.74. The SMILES string of the molecule is CCC1(O)CSC(=S)N1c1cccc(C)n1. The van der Waals surface area contributed by atoms with E-state index in [1.54, 1.807) is 4.90 Å². The topological polar surface area (TPSA) is 36.4 Å². The summed E-state index contributed by atoms with van der Waals surface area (Å²) in [5.41, 5.74) is 0.0402. The molecule has 1 saturated heterocycles. The normalized spacial score (nSPS) is 25.2. The minimum absolute atomic E-state index is 0.609. The third kappa shape index (κ3) is 1.95. The van der Waals surface area contributed by atoms with Crippen LogP contribution in [-0.4, -0.2) is 25.9 Å². The van der Waals surface area contributed by atoms with Crippen molar-refractivity contribution < 1.29 is 5.11 Å². The van der Waals surface area contributed by atoms with Crippen LogP contribution in [0.1, 0.15) is 19.0 Å². The molecule has 0 aromatic carbocycles. The van der Waals surface area contributed by atoms with Crippen LogP contribution in [0.2, 0.25) is 0 Å². The van der Waals surface area contributed by atoms with Crippen molar-refractivity contribution in [2.45, 2.75) is 26.0 Å². The number of rotatable bonds is 2. The number of pyridine rings is 1. The molecule has 2 rings (SSSR count). The lowest BCUT2D eigenvalue weighted by atomic mass is 10.1. The summed E-state index contributed by atoms with van der Waals surface area (Å²) in [5, 5.41) is 10.5. The first-order valence-electron chi connectivity index (χ1n) is 5.20. The van der Waals surface area contributed by atoms with Gasteiger partial charge in [-0.1, -0.05) is 37.0 Å². The fourth-order valence-electron chi connectivity index (χ4n) is 1.70. The van der Waals surface area contributed by atoms with Gasteiger partial charge in [-0.25, -0.2) is 4.98 Å². The number of nitrogens with zero attached hydrogens (tertiary/aromatic N) is 2. The Hall–Kier alpha value is -0.650. The van der Waals surface area contributed by atoms with Crippen molar-refractivity contribution in [3.8, 4) is 0 Å². The lowest BCUT2D eigenvalue weighted by Crippen LogP contribution is -2.47. The summed E-state index contributed by atoms with van der Waals surface area (Å²) in [7, 11) is 0. The van der Waals surface area contributed by atoms with Crippen molar-refractivity contribution in [1.82, 2.24) is 4.98 Å². The summed E-state index contributed by atoms with van der Waals surface area (Å²) < 4.78 is 0.697. The molecule has 1 aliphatic heterocycles. The number of aliphatic hydroxyl groups is 1. The van der Waals surface area contributed by atoms with E-state index in [9.17, 15) is 5.11 Å². The fraction of sp³-hybridized carbons (Fsp3) is 0.455. The molecule has 16 heavy (non-hydrogen) atoms. The molecule has 86 valence electrons. The Morgan fingerprint density at radius 3 is 3.00 bits per heavy atom. The summed E-state index contributed by atoms with van der Waals surface area (Å²) in [4.78, 5) is 6.18. The monoisotopic (exact) mass is 254 g/mol. The van der Waals surface area contributed by atoms with E-state index in [1.165, 1.54) is 11.8 Å². The van der Waals surface area contributed by atoms with Crippen LogP contribution in [0.25, 0.3) is 0 Å². The summed E-state index contributed by atoms with van der Waals surface area (Å²) >= 11 is 6.77. The number of aryl methyl sites for hydroxylation is 1. The Morgan fingerprint density at radius 1 is 1.62 bits per heavy atom. The van der Waals surface area contributed by atoms with E-state index < -0.39 is 5.72 Å². The molecule has 0 radical (unpaired) electrons. The van der Waals surface area contributed by atoms with Crippen molar-refractivity contribution in [1.29, 1.82) is 0 Å². The zero-order chi connectivity index (χ0) is 11.8. The number of hydrogen-bond donors (Lipinski definition) is 1. The highest BCUT2D eigenvalue weighted by Gasteiger charge is 2.42. The molecule has 1 fully saturated rings. The van der Waals surface area contributed by atoms with Crippen LogP contribution >= 0.6 is 24.0 Å². The van der Waals surface area contributed by atoms with Gasteiger partial charge < -0.3 is 5.11 Å². The maximum atomic E-state index is 10.5. The molecular formula is C11H14N2OS2. The van der Waals surface area contributed by atoms with Crippen molar-refractivity contribution in [2.75, 3.05) is 10.7 Å². The second-order valence-corrected chi connectivity index (χ2v) is 5.47. The van der Waals surface area contributed by atoms with E-state index in [0.29, 0.717) is 16.5 Å². The van der Waals surface area contributed by atoms with Gasteiger partial charge in [0, 0.05) is 11.4 Å². The van der Waals surface area contributed by atoms with Crippen molar-refractivity contribution in [3.05, 3.63) is 23.9 Å². The van der Waals surface area contributed by atoms with Crippen molar-refractivity contribution in [2.24, 2.45) is 0 Å². The first-order valence-corrected chi connectivity index (χ1v) is 6.59. The molecule has 1 aromatic heterocycles. The Morgan fingerprint density at radius 2 is 2.38 bits per heavy atom. The van der Waals surface area contributed by atoms with Crippen LogP contribution in [0.5, 0.6) is 0 Å². The predicted octanol–water partition coefficient (Wildman–Crippen LogP) is 2.33. The molecule has 2 heterocycles. The van der Waals surface area contributed by atoms with Gasteiger partial charge >= 0.3 is 0 Å². The predicted molar refractivity (Wildman–Crippen MR) is 71.7 cm³/mol. The van der Waals surface area contributed by atoms with E-state index >= 15 is 0 Å². The van der Waals surface area contributed by atoms with Gasteiger partial charge in [0.25, 0.3) is 0 Å². The van der Waals surface area contributed by atoms with Gasteiger partial charge in [0.2, 0.25) is 0 Å². The van der Waals surface area contributed by atoms with Crippen molar-refractivity contribution in [3.63, 3.8) is 0 Å². The van der Waals surface area contributed by atoms with E-state index in [-0.39, 0.29) is 0 Å². The second-order valence-electron chi connectivity index (χ2n) is 3.86. The molecule has 3 nitrogen and oxygen atoms in total. The average molecular weight is 254 g/mol. The zero-order valence-electron chi connectivity index (χ0n) is 9.30. The molecule has 1 N–H and O–H groups in total. The van der Waals surface area contributed by atoms with Gasteiger partial charge in [0.15, 0.2) is 5.72 Å². The summed E-state index contributed by atoms with van der Waals surface area (Å²) in [6.45, 7) is 3.89. The molecule has 0 saturated carbocycles. The van der Waals surface area contributed by atoms with Crippen LogP contribution < -0.4 is 4.90 Å². The summed E-state index contributed by atoms with van der Waals surface area (Å²) in [6.07, 6.45) is 0.635. The van der Waals surface area contributed by atoms with Crippen LogP contribution in [0.15, 0.2) is 18.2 Å². The average Bonchev–Trinajstić information content (AvgIpc) is 2.56. The summed E-state index contributed by atoms with van der Waals surface area (Å²) in [5.74, 6) is 1.34. The molecule has 1 aliphatic rings. The van der Waals surface area contributed by atoms with E-state index in [4.69, 9.17) is 12.2 Å². The highest BCUT2D eigenvalue weighted by Crippen LogP contribution is 2.36. The van der Waals surface area contributed by atoms with Crippen LogP contribution in [-0.2, 0) is 0 Å². The van der Waals surface area contributed by atoms with Crippen LogP contribution in [0.3, 0.4) is 0 Å². The molecule has 0 bridgehead atoms. The number of thioether (sulfide) groups is 1. The number of aromatic nitrogens is 1. The molecule has 1 unspecified atom stereocenters. The smallest absolute Gasteiger partial charge is 0.153 e. The molecule has 0 amide bonds. The Balaban J connectivity index is 2.41. The molecule has 1 aromatic rings. The molecule has 5 heteroatoms. The van der Waals surface area contributed by atoms with Gasteiger partial charge in [0.05, 0.1) is 0 Å². The van der Waals surface area contributed by atoms with E-state index in [2.05, 4.69) is 4.98 Å². The van der Waals surface area contributed by atoms with Gasteiger partial charge in [-0.05, 0) is 25.5 Å². The first-order chi connectivity index (χ1) is 7.57. The van der Waals surface area contributed by atoms with E-state index in [1.807, 2.05) is 32.0 Å². The zero-order valence-corrected chi connectivity index (χ0v) is 10.9. The van der Waals surface area contributed by atoms with Gasteiger partial charge in [-0.2, -0.15) is 0 Å². The highest BCUT2D eigenvalue weighted by atomic mass is 32.2. The quantitative estimate of drug-likeness (QED) is 0.820. The Kier molecular flexibility index (Phi) is 3.19. The van der Waals surface area contributed by atoms with Gasteiger partial charge in [-0.3, -0.25) is 4.90 Å². The standard InChI is InChI=1S/C11H14N2OS2/c1-3-11(14)7-16-10(15)13(11)9-6-4-5-8(2)12-9/h4-6,14H,3,7H2,1-2H3. The Bertz CT molecular complexity index is 424. The lowest BCUT2D eigenvalue weighted by molar-refractivity contribution is 0.0745.